The van der Waals surface area contributed by atoms with Crippen LogP contribution in [0.3, 0.4) is 0 Å². The monoisotopic (exact) mass is 366 g/mol. The van der Waals surface area contributed by atoms with E-state index < -0.39 is 0 Å². The lowest BCUT2D eigenvalue weighted by Gasteiger charge is -2.37. The molecule has 0 bridgehead atoms. The molecular weight excluding hydrogens is 336 g/mol. The molecule has 1 aromatic carbocycles. The molecular formula is C22H30N4O. The second-order valence-corrected chi connectivity index (χ2v) is 8.15. The summed E-state index contributed by atoms with van der Waals surface area (Å²) in [5.41, 5.74) is 6.27. The van der Waals surface area contributed by atoms with Gasteiger partial charge in [-0.3, -0.25) is 14.8 Å². The molecule has 4 rings (SSSR count). The van der Waals surface area contributed by atoms with Crippen LogP contribution in [0.4, 0.5) is 0 Å². The number of nitrogens with one attached hydrogen (secondary N) is 2. The van der Waals surface area contributed by atoms with Gasteiger partial charge in [0.2, 0.25) is 5.91 Å². The van der Waals surface area contributed by atoms with Gasteiger partial charge >= 0.3 is 0 Å². The van der Waals surface area contributed by atoms with Crippen molar-refractivity contribution in [3.63, 3.8) is 0 Å². The van der Waals surface area contributed by atoms with Crippen molar-refractivity contribution in [1.29, 1.82) is 0 Å². The first kappa shape index (κ1) is 18.2. The van der Waals surface area contributed by atoms with Gasteiger partial charge in [-0.25, -0.2) is 0 Å². The van der Waals surface area contributed by atoms with Gasteiger partial charge in [0.25, 0.3) is 0 Å². The van der Waals surface area contributed by atoms with E-state index in [4.69, 9.17) is 0 Å². The molecule has 0 spiro atoms. The number of fused-ring (bicyclic) bond motifs is 1. The minimum atomic E-state index is 0.150. The predicted octanol–water partition coefficient (Wildman–Crippen LogP) is 2.71. The smallest absolute Gasteiger partial charge is 0.220 e. The molecule has 2 heterocycles. The SMILES string of the molecule is Cc1[nH]nc(CCC(=O)NC2CCCN(C3Cc4ccccc4C3)C2)c1C. The van der Waals surface area contributed by atoms with Crippen LogP contribution in [-0.4, -0.2) is 46.2 Å². The number of aromatic nitrogens is 2. The Kier molecular flexibility index (Phi) is 5.30. The number of benzene rings is 1. The summed E-state index contributed by atoms with van der Waals surface area (Å²) < 4.78 is 0. The van der Waals surface area contributed by atoms with Crippen LogP contribution in [0.2, 0.25) is 0 Å². The number of hydrogen-bond acceptors (Lipinski definition) is 3. The van der Waals surface area contributed by atoms with Crippen molar-refractivity contribution in [1.82, 2.24) is 20.4 Å². The molecule has 1 unspecified atom stereocenters. The van der Waals surface area contributed by atoms with E-state index in [0.717, 1.165) is 50.2 Å². The van der Waals surface area contributed by atoms with Gasteiger partial charge in [0.15, 0.2) is 0 Å². The molecule has 144 valence electrons. The third-order valence-corrected chi connectivity index (χ3v) is 6.31. The summed E-state index contributed by atoms with van der Waals surface area (Å²) in [7, 11) is 0. The van der Waals surface area contributed by atoms with Gasteiger partial charge in [0, 0.05) is 37.2 Å². The Bertz CT molecular complexity index is 787. The number of aromatic amines is 1. The quantitative estimate of drug-likeness (QED) is 0.855. The van der Waals surface area contributed by atoms with Gasteiger partial charge in [0.05, 0.1) is 5.69 Å². The molecule has 1 aromatic heterocycles. The molecule has 1 amide bonds. The standard InChI is InChI=1S/C22H30N4O/c1-15-16(2)24-25-21(15)9-10-22(27)23-19-8-5-11-26(14-19)20-12-17-6-3-4-7-18(17)13-20/h3-4,6-7,19-20H,5,8-14H2,1-2H3,(H,23,27)(H,24,25). The summed E-state index contributed by atoms with van der Waals surface area (Å²) in [6, 6.07) is 9.68. The Labute approximate surface area is 161 Å². The molecule has 5 heteroatoms. The van der Waals surface area contributed by atoms with Crippen LogP contribution in [0.5, 0.6) is 0 Å². The van der Waals surface area contributed by atoms with Gasteiger partial charge in [-0.2, -0.15) is 5.10 Å². The highest BCUT2D eigenvalue weighted by Gasteiger charge is 2.30. The minimum absolute atomic E-state index is 0.150. The fraction of sp³-hybridized carbons (Fsp3) is 0.545. The van der Waals surface area contributed by atoms with Gasteiger partial charge in [-0.05, 0) is 62.8 Å². The second kappa shape index (κ2) is 7.85. The van der Waals surface area contributed by atoms with E-state index in [0.29, 0.717) is 18.9 Å². The highest BCUT2D eigenvalue weighted by atomic mass is 16.1. The van der Waals surface area contributed by atoms with Crippen LogP contribution in [0, 0.1) is 13.8 Å². The fourth-order valence-corrected chi connectivity index (χ4v) is 4.56. The molecule has 0 radical (unpaired) electrons. The Morgan fingerprint density at radius 2 is 2.00 bits per heavy atom. The Morgan fingerprint density at radius 3 is 2.67 bits per heavy atom. The highest BCUT2D eigenvalue weighted by molar-refractivity contribution is 5.76. The molecule has 0 saturated carbocycles. The summed E-state index contributed by atoms with van der Waals surface area (Å²) in [6.07, 6.45) is 5.76. The highest BCUT2D eigenvalue weighted by Crippen LogP contribution is 2.27. The number of hydrogen-bond donors (Lipinski definition) is 2. The molecule has 1 fully saturated rings. The van der Waals surface area contributed by atoms with Crippen molar-refractivity contribution in [3.8, 4) is 0 Å². The number of carbonyl (C=O) groups is 1. The maximum atomic E-state index is 12.4. The summed E-state index contributed by atoms with van der Waals surface area (Å²) in [5, 5.41) is 10.6. The molecule has 1 saturated heterocycles. The Morgan fingerprint density at radius 1 is 1.26 bits per heavy atom. The lowest BCUT2D eigenvalue weighted by molar-refractivity contribution is -0.122. The van der Waals surface area contributed by atoms with Crippen molar-refractivity contribution < 1.29 is 4.79 Å². The molecule has 2 aromatic rings. The average molecular weight is 367 g/mol. The van der Waals surface area contributed by atoms with E-state index in [9.17, 15) is 4.79 Å². The Hall–Kier alpha value is -2.14. The fourth-order valence-electron chi connectivity index (χ4n) is 4.56. The van der Waals surface area contributed by atoms with Crippen LogP contribution in [-0.2, 0) is 24.1 Å². The minimum Gasteiger partial charge on any atom is -0.352 e. The molecule has 1 aliphatic carbocycles. The first-order valence-electron chi connectivity index (χ1n) is 10.2. The van der Waals surface area contributed by atoms with Crippen LogP contribution >= 0.6 is 0 Å². The summed E-state index contributed by atoms with van der Waals surface area (Å²) in [4.78, 5) is 15.0. The summed E-state index contributed by atoms with van der Waals surface area (Å²) in [6.45, 7) is 6.20. The first-order chi connectivity index (χ1) is 13.1. The number of aryl methyl sites for hydroxylation is 2. The van der Waals surface area contributed by atoms with E-state index in [1.54, 1.807) is 0 Å². The largest absolute Gasteiger partial charge is 0.352 e. The first-order valence-corrected chi connectivity index (χ1v) is 10.2. The predicted molar refractivity (Wildman–Crippen MR) is 107 cm³/mol. The lowest BCUT2D eigenvalue weighted by atomic mass is 10.0. The van der Waals surface area contributed by atoms with Crippen LogP contribution in [0.15, 0.2) is 24.3 Å². The van der Waals surface area contributed by atoms with Crippen molar-refractivity contribution in [2.24, 2.45) is 0 Å². The van der Waals surface area contributed by atoms with Crippen molar-refractivity contribution >= 4 is 5.91 Å². The van der Waals surface area contributed by atoms with E-state index in [2.05, 4.69) is 51.6 Å². The molecule has 2 aliphatic rings. The van der Waals surface area contributed by atoms with Gasteiger partial charge in [-0.15, -0.1) is 0 Å². The number of likely N-dealkylation sites (tertiary alicyclic amines) is 1. The maximum absolute atomic E-state index is 12.4. The number of amides is 1. The van der Waals surface area contributed by atoms with Crippen LogP contribution < -0.4 is 5.32 Å². The van der Waals surface area contributed by atoms with E-state index >= 15 is 0 Å². The normalized spacial score (nSPS) is 20.6. The van der Waals surface area contributed by atoms with E-state index in [1.165, 1.54) is 16.7 Å². The molecule has 5 nitrogen and oxygen atoms in total. The summed E-state index contributed by atoms with van der Waals surface area (Å²) >= 11 is 0. The lowest BCUT2D eigenvalue weighted by Crippen LogP contribution is -2.51. The van der Waals surface area contributed by atoms with Crippen molar-refractivity contribution in [2.45, 2.75) is 64.5 Å². The summed E-state index contributed by atoms with van der Waals surface area (Å²) in [5.74, 6) is 0.150. The zero-order valence-electron chi connectivity index (χ0n) is 16.4. The number of rotatable bonds is 5. The van der Waals surface area contributed by atoms with Gasteiger partial charge < -0.3 is 5.32 Å². The van der Waals surface area contributed by atoms with Crippen molar-refractivity contribution in [3.05, 3.63) is 52.3 Å². The van der Waals surface area contributed by atoms with Gasteiger partial charge in [-0.1, -0.05) is 24.3 Å². The maximum Gasteiger partial charge on any atom is 0.220 e. The number of nitrogens with zero attached hydrogens (tertiary/aromatic N) is 2. The van der Waals surface area contributed by atoms with Crippen LogP contribution in [0.1, 0.15) is 47.3 Å². The van der Waals surface area contributed by atoms with E-state index in [1.807, 2.05) is 6.92 Å². The van der Waals surface area contributed by atoms with Crippen molar-refractivity contribution in [2.75, 3.05) is 13.1 Å². The third-order valence-electron chi connectivity index (χ3n) is 6.31. The second-order valence-electron chi connectivity index (χ2n) is 8.15. The Balaban J connectivity index is 1.27. The zero-order chi connectivity index (χ0) is 18.8. The molecule has 1 atom stereocenters. The number of H-pyrrole nitrogens is 1. The third kappa shape index (κ3) is 4.08. The van der Waals surface area contributed by atoms with Gasteiger partial charge in [0.1, 0.15) is 0 Å². The topological polar surface area (TPSA) is 61.0 Å². The zero-order valence-corrected chi connectivity index (χ0v) is 16.4. The molecule has 1 aliphatic heterocycles. The average Bonchev–Trinajstić information content (AvgIpc) is 3.24. The molecule has 27 heavy (non-hydrogen) atoms. The number of piperidine rings is 1. The molecule has 2 N–H and O–H groups in total. The van der Waals surface area contributed by atoms with Crippen LogP contribution in [0.25, 0.3) is 0 Å². The van der Waals surface area contributed by atoms with E-state index in [-0.39, 0.29) is 11.9 Å². The number of carbonyl (C=O) groups excluding carboxylic acids is 1.